The number of hydrogen-bond donors (Lipinski definition) is 1. The third kappa shape index (κ3) is 3.28. The van der Waals surface area contributed by atoms with Crippen molar-refractivity contribution in [1.29, 1.82) is 0 Å². The highest BCUT2D eigenvalue weighted by Gasteiger charge is 2.24. The summed E-state index contributed by atoms with van der Waals surface area (Å²) in [6, 6.07) is 1.18. The van der Waals surface area contributed by atoms with Crippen LogP contribution in [-0.2, 0) is 4.74 Å². The van der Waals surface area contributed by atoms with Crippen molar-refractivity contribution in [2.75, 3.05) is 6.61 Å². The van der Waals surface area contributed by atoms with Gasteiger partial charge in [0, 0.05) is 18.7 Å². The SMILES string of the molecule is CCCC1OCCC(C)NC1CC. The minimum atomic E-state index is 0.444. The van der Waals surface area contributed by atoms with Crippen molar-refractivity contribution in [3.63, 3.8) is 0 Å². The molecular formula is C11H23NO. The Balaban J connectivity index is 2.48. The van der Waals surface area contributed by atoms with E-state index in [1.54, 1.807) is 0 Å². The number of nitrogens with one attached hydrogen (secondary N) is 1. The molecule has 3 unspecified atom stereocenters. The predicted octanol–water partition coefficient (Wildman–Crippen LogP) is 2.33. The fourth-order valence-corrected chi connectivity index (χ4v) is 2.02. The van der Waals surface area contributed by atoms with Gasteiger partial charge in [0.15, 0.2) is 0 Å². The summed E-state index contributed by atoms with van der Waals surface area (Å²) in [5.74, 6) is 0. The summed E-state index contributed by atoms with van der Waals surface area (Å²) < 4.78 is 5.85. The lowest BCUT2D eigenvalue weighted by Gasteiger charge is -2.25. The Bertz CT molecular complexity index is 138. The maximum absolute atomic E-state index is 5.85. The van der Waals surface area contributed by atoms with Gasteiger partial charge in [-0.05, 0) is 26.2 Å². The normalized spacial score (nSPS) is 35.8. The summed E-state index contributed by atoms with van der Waals surface area (Å²) >= 11 is 0. The molecule has 0 radical (unpaired) electrons. The van der Waals surface area contributed by atoms with E-state index in [9.17, 15) is 0 Å². The second-order valence-corrected chi connectivity index (χ2v) is 4.07. The molecule has 0 aromatic rings. The average Bonchev–Trinajstić information content (AvgIpc) is 2.29. The zero-order valence-electron chi connectivity index (χ0n) is 9.18. The van der Waals surface area contributed by atoms with E-state index < -0.39 is 0 Å². The molecule has 0 bridgehead atoms. The molecule has 0 aliphatic carbocycles. The molecule has 1 fully saturated rings. The predicted molar refractivity (Wildman–Crippen MR) is 55.9 cm³/mol. The standard InChI is InChI=1S/C11H23NO/c1-4-6-11-10(5-2)12-9(3)7-8-13-11/h9-12H,4-8H2,1-3H3. The molecule has 0 aromatic carbocycles. The maximum Gasteiger partial charge on any atom is 0.0727 e. The van der Waals surface area contributed by atoms with Gasteiger partial charge in [0.2, 0.25) is 0 Å². The van der Waals surface area contributed by atoms with Crippen molar-refractivity contribution in [3.8, 4) is 0 Å². The zero-order chi connectivity index (χ0) is 9.68. The monoisotopic (exact) mass is 185 g/mol. The van der Waals surface area contributed by atoms with Gasteiger partial charge in [-0.3, -0.25) is 0 Å². The molecule has 2 heteroatoms. The van der Waals surface area contributed by atoms with Crippen LogP contribution in [0, 0.1) is 0 Å². The van der Waals surface area contributed by atoms with E-state index in [1.165, 1.54) is 19.3 Å². The van der Waals surface area contributed by atoms with E-state index in [-0.39, 0.29) is 0 Å². The Hall–Kier alpha value is -0.0800. The maximum atomic E-state index is 5.85. The molecule has 13 heavy (non-hydrogen) atoms. The van der Waals surface area contributed by atoms with E-state index in [0.717, 1.165) is 13.0 Å². The lowest BCUT2D eigenvalue weighted by molar-refractivity contribution is 0.0357. The largest absolute Gasteiger partial charge is 0.377 e. The second-order valence-electron chi connectivity index (χ2n) is 4.07. The first-order chi connectivity index (χ1) is 6.27. The van der Waals surface area contributed by atoms with Crippen LogP contribution in [0.2, 0.25) is 0 Å². The van der Waals surface area contributed by atoms with Crippen LogP contribution in [-0.4, -0.2) is 24.8 Å². The topological polar surface area (TPSA) is 21.3 Å². The molecule has 0 spiro atoms. The molecule has 1 aliphatic heterocycles. The fourth-order valence-electron chi connectivity index (χ4n) is 2.02. The fraction of sp³-hybridized carbons (Fsp3) is 1.00. The second kappa shape index (κ2) is 5.61. The summed E-state index contributed by atoms with van der Waals surface area (Å²) in [5, 5.41) is 3.64. The average molecular weight is 185 g/mol. The van der Waals surface area contributed by atoms with E-state index in [2.05, 4.69) is 26.1 Å². The van der Waals surface area contributed by atoms with E-state index in [4.69, 9.17) is 4.74 Å². The third-order valence-corrected chi connectivity index (χ3v) is 2.84. The Labute approximate surface area is 82.0 Å². The van der Waals surface area contributed by atoms with Crippen molar-refractivity contribution in [2.24, 2.45) is 0 Å². The molecule has 3 atom stereocenters. The summed E-state index contributed by atoms with van der Waals surface area (Å²) in [5.41, 5.74) is 0. The molecule has 0 aromatic heterocycles. The lowest BCUT2D eigenvalue weighted by atomic mass is 10.0. The highest BCUT2D eigenvalue weighted by Crippen LogP contribution is 2.15. The zero-order valence-corrected chi connectivity index (χ0v) is 9.18. The Morgan fingerprint density at radius 3 is 2.77 bits per heavy atom. The van der Waals surface area contributed by atoms with Gasteiger partial charge < -0.3 is 10.1 Å². The Morgan fingerprint density at radius 2 is 2.15 bits per heavy atom. The quantitative estimate of drug-likeness (QED) is 0.728. The van der Waals surface area contributed by atoms with E-state index in [1.807, 2.05) is 0 Å². The van der Waals surface area contributed by atoms with Crippen molar-refractivity contribution >= 4 is 0 Å². The number of rotatable bonds is 3. The van der Waals surface area contributed by atoms with Crippen molar-refractivity contribution in [3.05, 3.63) is 0 Å². The first-order valence-electron chi connectivity index (χ1n) is 5.65. The molecule has 0 amide bonds. The molecule has 1 aliphatic rings. The molecule has 0 saturated carbocycles. The van der Waals surface area contributed by atoms with Gasteiger partial charge in [0.05, 0.1) is 6.10 Å². The third-order valence-electron chi connectivity index (χ3n) is 2.84. The first kappa shape index (κ1) is 11.0. The van der Waals surface area contributed by atoms with Crippen LogP contribution < -0.4 is 5.32 Å². The molecule has 78 valence electrons. The van der Waals surface area contributed by atoms with Crippen LogP contribution in [0.5, 0.6) is 0 Å². The van der Waals surface area contributed by atoms with Gasteiger partial charge in [0.25, 0.3) is 0 Å². The smallest absolute Gasteiger partial charge is 0.0727 e. The molecule has 1 heterocycles. The number of hydrogen-bond acceptors (Lipinski definition) is 2. The van der Waals surface area contributed by atoms with Crippen LogP contribution >= 0.6 is 0 Å². The molecule has 1 rings (SSSR count). The van der Waals surface area contributed by atoms with Crippen molar-refractivity contribution in [2.45, 2.75) is 64.6 Å². The van der Waals surface area contributed by atoms with Crippen molar-refractivity contribution in [1.82, 2.24) is 5.32 Å². The van der Waals surface area contributed by atoms with Gasteiger partial charge in [-0.2, -0.15) is 0 Å². The van der Waals surface area contributed by atoms with Crippen LogP contribution in [0.15, 0.2) is 0 Å². The van der Waals surface area contributed by atoms with Crippen LogP contribution in [0.4, 0.5) is 0 Å². The minimum Gasteiger partial charge on any atom is -0.377 e. The van der Waals surface area contributed by atoms with Crippen LogP contribution in [0.3, 0.4) is 0 Å². The van der Waals surface area contributed by atoms with Gasteiger partial charge in [-0.1, -0.05) is 20.3 Å². The van der Waals surface area contributed by atoms with E-state index >= 15 is 0 Å². The minimum absolute atomic E-state index is 0.444. The summed E-state index contributed by atoms with van der Waals surface area (Å²) in [6.45, 7) is 7.64. The Morgan fingerprint density at radius 1 is 1.38 bits per heavy atom. The molecule has 1 saturated heterocycles. The van der Waals surface area contributed by atoms with Gasteiger partial charge in [-0.15, -0.1) is 0 Å². The summed E-state index contributed by atoms with van der Waals surface area (Å²) in [7, 11) is 0. The molecular weight excluding hydrogens is 162 g/mol. The van der Waals surface area contributed by atoms with Crippen LogP contribution in [0.1, 0.15) is 46.5 Å². The first-order valence-corrected chi connectivity index (χ1v) is 5.65. The lowest BCUT2D eigenvalue weighted by Crippen LogP contribution is -2.42. The van der Waals surface area contributed by atoms with Crippen LogP contribution in [0.25, 0.3) is 0 Å². The number of ether oxygens (including phenoxy) is 1. The highest BCUT2D eigenvalue weighted by atomic mass is 16.5. The van der Waals surface area contributed by atoms with Gasteiger partial charge in [-0.25, -0.2) is 0 Å². The van der Waals surface area contributed by atoms with E-state index in [0.29, 0.717) is 18.2 Å². The Kier molecular flexibility index (Phi) is 4.74. The summed E-state index contributed by atoms with van der Waals surface area (Å²) in [4.78, 5) is 0. The molecule has 2 nitrogen and oxygen atoms in total. The summed E-state index contributed by atoms with van der Waals surface area (Å²) in [6.07, 6.45) is 5.18. The van der Waals surface area contributed by atoms with Crippen molar-refractivity contribution < 1.29 is 4.74 Å². The molecule has 1 N–H and O–H groups in total. The van der Waals surface area contributed by atoms with Gasteiger partial charge in [0.1, 0.15) is 0 Å². The van der Waals surface area contributed by atoms with Gasteiger partial charge >= 0.3 is 0 Å². The highest BCUT2D eigenvalue weighted by molar-refractivity contribution is 4.81.